The normalized spacial score (nSPS) is 11.4. The van der Waals surface area contributed by atoms with Crippen molar-refractivity contribution < 1.29 is 0 Å². The lowest BCUT2D eigenvalue weighted by Crippen LogP contribution is -2.00. The predicted octanol–water partition coefficient (Wildman–Crippen LogP) is 12.2. The van der Waals surface area contributed by atoms with Gasteiger partial charge < -0.3 is 0 Å². The summed E-state index contributed by atoms with van der Waals surface area (Å²) in [5, 5.41) is 2.39. The second-order valence-corrected chi connectivity index (χ2v) is 14.0. The molecule has 5 nitrogen and oxygen atoms in total. The quantitative estimate of drug-likeness (QED) is 0.173. The first-order valence-electron chi connectivity index (χ1n) is 17.5. The second-order valence-electron chi connectivity index (χ2n) is 12.9. The Balaban J connectivity index is 0.989. The molecular weight excluding hydrogens is 667 g/mol. The van der Waals surface area contributed by atoms with Crippen LogP contribution in [0.25, 0.3) is 98.9 Å². The standard InChI is InChI=1S/C47H29N5S/c1-3-10-30(11-4-1)31-19-25-36(26-20-31)46-50-45(35-12-5-2-6-13-35)51-47(52-46)37-27-21-33(22-28-37)32-17-23-34(24-18-32)42-44-41(38-14-7-8-16-40(38)53-44)43-39(49-42)15-9-29-48-43/h1-29H. The van der Waals surface area contributed by atoms with Crippen LogP contribution in [0.3, 0.4) is 0 Å². The van der Waals surface area contributed by atoms with Crippen LogP contribution in [0.4, 0.5) is 0 Å². The first-order valence-corrected chi connectivity index (χ1v) is 18.3. The highest BCUT2D eigenvalue weighted by Crippen LogP contribution is 2.42. The number of benzene rings is 6. The van der Waals surface area contributed by atoms with Gasteiger partial charge in [-0.25, -0.2) is 19.9 Å². The minimum Gasteiger partial charge on any atom is -0.254 e. The summed E-state index contributed by atoms with van der Waals surface area (Å²) in [6.45, 7) is 0. The molecule has 10 aromatic rings. The number of nitrogens with zero attached hydrogens (tertiary/aromatic N) is 5. The van der Waals surface area contributed by atoms with Gasteiger partial charge in [0.15, 0.2) is 17.5 Å². The van der Waals surface area contributed by atoms with E-state index < -0.39 is 0 Å². The van der Waals surface area contributed by atoms with Crippen molar-refractivity contribution in [3.05, 3.63) is 176 Å². The van der Waals surface area contributed by atoms with E-state index in [4.69, 9.17) is 24.9 Å². The van der Waals surface area contributed by atoms with Crippen LogP contribution >= 0.6 is 11.3 Å². The van der Waals surface area contributed by atoms with Crippen molar-refractivity contribution in [3.8, 4) is 67.7 Å². The SMILES string of the molecule is c1ccc(-c2ccc(-c3nc(-c4ccccc4)nc(-c4ccc(-c5ccc(-c6nc7cccnc7c7c6sc6ccccc67)cc5)cc4)n3)cc2)cc1. The molecule has 0 radical (unpaired) electrons. The van der Waals surface area contributed by atoms with Gasteiger partial charge in [-0.1, -0.05) is 152 Å². The van der Waals surface area contributed by atoms with Crippen LogP contribution in [0.1, 0.15) is 0 Å². The fourth-order valence-electron chi connectivity index (χ4n) is 6.92. The molecule has 4 aromatic heterocycles. The molecule has 0 fully saturated rings. The lowest BCUT2D eigenvalue weighted by Gasteiger charge is -2.10. The first kappa shape index (κ1) is 30.9. The van der Waals surface area contributed by atoms with Crippen molar-refractivity contribution in [1.29, 1.82) is 0 Å². The van der Waals surface area contributed by atoms with E-state index in [1.165, 1.54) is 21.0 Å². The predicted molar refractivity (Wildman–Crippen MR) is 218 cm³/mol. The Morgan fingerprint density at radius 3 is 1.40 bits per heavy atom. The van der Waals surface area contributed by atoms with E-state index in [2.05, 4.69) is 121 Å². The smallest absolute Gasteiger partial charge is 0.164 e. The van der Waals surface area contributed by atoms with Gasteiger partial charge in [0.25, 0.3) is 0 Å². The highest BCUT2D eigenvalue weighted by molar-refractivity contribution is 7.26. The molecule has 0 bridgehead atoms. The maximum absolute atomic E-state index is 5.12. The van der Waals surface area contributed by atoms with Gasteiger partial charge in [0.1, 0.15) is 0 Å². The number of rotatable bonds is 6. The summed E-state index contributed by atoms with van der Waals surface area (Å²) in [7, 11) is 0. The van der Waals surface area contributed by atoms with Gasteiger partial charge in [0.05, 0.1) is 21.4 Å². The van der Waals surface area contributed by atoms with Crippen LogP contribution in [0.15, 0.2) is 176 Å². The minimum absolute atomic E-state index is 0.632. The van der Waals surface area contributed by atoms with Crippen LogP contribution in [-0.2, 0) is 0 Å². The van der Waals surface area contributed by atoms with Crippen molar-refractivity contribution in [3.63, 3.8) is 0 Å². The largest absolute Gasteiger partial charge is 0.254 e. The third kappa shape index (κ3) is 5.72. The zero-order chi connectivity index (χ0) is 35.1. The van der Waals surface area contributed by atoms with Gasteiger partial charge in [-0.2, -0.15) is 0 Å². The van der Waals surface area contributed by atoms with Crippen LogP contribution in [0.2, 0.25) is 0 Å². The lowest BCUT2D eigenvalue weighted by atomic mass is 10.0. The third-order valence-electron chi connectivity index (χ3n) is 9.62. The fourth-order valence-corrected chi connectivity index (χ4v) is 8.13. The summed E-state index contributed by atoms with van der Waals surface area (Å²) in [5.41, 5.74) is 11.3. The summed E-state index contributed by atoms with van der Waals surface area (Å²) in [6.07, 6.45) is 1.85. The second kappa shape index (κ2) is 13.0. The number of pyridine rings is 2. The van der Waals surface area contributed by atoms with Crippen molar-refractivity contribution in [2.24, 2.45) is 0 Å². The Hall–Kier alpha value is -6.89. The number of hydrogen-bond donors (Lipinski definition) is 0. The Morgan fingerprint density at radius 1 is 0.358 bits per heavy atom. The van der Waals surface area contributed by atoms with E-state index in [0.29, 0.717) is 17.5 Å². The van der Waals surface area contributed by atoms with Gasteiger partial charge in [-0.3, -0.25) is 4.98 Å². The van der Waals surface area contributed by atoms with Gasteiger partial charge in [-0.05, 0) is 40.5 Å². The van der Waals surface area contributed by atoms with Crippen LogP contribution in [0, 0.1) is 0 Å². The van der Waals surface area contributed by atoms with Crippen molar-refractivity contribution in [2.75, 3.05) is 0 Å². The summed E-state index contributed by atoms with van der Waals surface area (Å²) in [6, 6.07) is 58.5. The Labute approximate surface area is 310 Å². The van der Waals surface area contributed by atoms with Gasteiger partial charge >= 0.3 is 0 Å². The molecule has 0 atom stereocenters. The molecule has 0 spiro atoms. The van der Waals surface area contributed by atoms with E-state index in [1.54, 1.807) is 11.3 Å². The molecule has 4 heterocycles. The molecular formula is C47H29N5S. The molecule has 0 saturated heterocycles. The zero-order valence-corrected chi connectivity index (χ0v) is 29.2. The molecule has 0 N–H and O–H groups in total. The highest BCUT2D eigenvalue weighted by Gasteiger charge is 2.17. The summed E-state index contributed by atoms with van der Waals surface area (Å²) >= 11 is 1.78. The van der Waals surface area contributed by atoms with E-state index in [0.717, 1.165) is 60.4 Å². The van der Waals surface area contributed by atoms with Gasteiger partial charge in [-0.15, -0.1) is 11.3 Å². The molecule has 0 amide bonds. The van der Waals surface area contributed by atoms with Crippen LogP contribution < -0.4 is 0 Å². The topological polar surface area (TPSA) is 64.5 Å². The molecule has 248 valence electrons. The maximum atomic E-state index is 5.12. The Morgan fingerprint density at radius 2 is 0.811 bits per heavy atom. The summed E-state index contributed by atoms with van der Waals surface area (Å²) in [5.74, 6) is 1.91. The average molecular weight is 696 g/mol. The first-order chi connectivity index (χ1) is 26.2. The monoisotopic (exact) mass is 695 g/mol. The minimum atomic E-state index is 0.632. The third-order valence-corrected chi connectivity index (χ3v) is 10.8. The Bertz CT molecular complexity index is 2900. The molecule has 53 heavy (non-hydrogen) atoms. The highest BCUT2D eigenvalue weighted by atomic mass is 32.1. The van der Waals surface area contributed by atoms with Gasteiger partial charge in [0, 0.05) is 43.9 Å². The number of thiophene rings is 1. The number of fused-ring (bicyclic) bond motifs is 5. The van der Waals surface area contributed by atoms with Crippen molar-refractivity contribution in [1.82, 2.24) is 24.9 Å². The van der Waals surface area contributed by atoms with E-state index >= 15 is 0 Å². The van der Waals surface area contributed by atoms with Gasteiger partial charge in [0.2, 0.25) is 0 Å². The molecule has 0 aliphatic carbocycles. The zero-order valence-electron chi connectivity index (χ0n) is 28.4. The molecule has 0 saturated carbocycles. The van der Waals surface area contributed by atoms with Crippen molar-refractivity contribution >= 4 is 42.5 Å². The summed E-state index contributed by atoms with van der Waals surface area (Å²) in [4.78, 5) is 24.7. The molecule has 0 aliphatic heterocycles. The summed E-state index contributed by atoms with van der Waals surface area (Å²) < 4.78 is 2.40. The maximum Gasteiger partial charge on any atom is 0.164 e. The molecule has 6 heteroatoms. The van der Waals surface area contributed by atoms with Crippen molar-refractivity contribution in [2.45, 2.75) is 0 Å². The van der Waals surface area contributed by atoms with Crippen LogP contribution in [-0.4, -0.2) is 24.9 Å². The molecule has 6 aromatic carbocycles. The Kier molecular flexibility index (Phi) is 7.59. The average Bonchev–Trinajstić information content (AvgIpc) is 3.64. The number of aromatic nitrogens is 5. The van der Waals surface area contributed by atoms with E-state index in [1.807, 2.05) is 54.7 Å². The molecule has 0 unspecified atom stereocenters. The lowest BCUT2D eigenvalue weighted by molar-refractivity contribution is 1.07. The molecule has 0 aliphatic rings. The molecule has 10 rings (SSSR count). The van der Waals surface area contributed by atoms with Crippen LogP contribution in [0.5, 0.6) is 0 Å². The van der Waals surface area contributed by atoms with E-state index in [-0.39, 0.29) is 0 Å². The number of hydrogen-bond acceptors (Lipinski definition) is 6. The fraction of sp³-hybridized carbons (Fsp3) is 0. The van der Waals surface area contributed by atoms with E-state index in [9.17, 15) is 0 Å².